The predicted octanol–water partition coefficient (Wildman–Crippen LogP) is 5.35. The van der Waals surface area contributed by atoms with E-state index in [-0.39, 0.29) is 17.6 Å². The topological polar surface area (TPSA) is 65.4 Å². The van der Waals surface area contributed by atoms with Crippen molar-refractivity contribution in [1.82, 2.24) is 4.90 Å². The van der Waals surface area contributed by atoms with Crippen LogP contribution in [0, 0.1) is 0 Å². The lowest BCUT2D eigenvalue weighted by molar-refractivity contribution is 0.105. The molecule has 1 unspecified atom stereocenters. The van der Waals surface area contributed by atoms with Gasteiger partial charge in [0.15, 0.2) is 0 Å². The molecule has 1 aliphatic rings. The van der Waals surface area contributed by atoms with Gasteiger partial charge in [-0.2, -0.15) is 0 Å². The second-order valence-electron chi connectivity index (χ2n) is 7.88. The van der Waals surface area contributed by atoms with E-state index in [0.717, 1.165) is 47.9 Å². The van der Waals surface area contributed by atoms with Gasteiger partial charge in [0.1, 0.15) is 30.0 Å². The third-order valence-corrected chi connectivity index (χ3v) is 5.77. The van der Waals surface area contributed by atoms with Crippen molar-refractivity contribution in [3.8, 4) is 17.2 Å². The molecule has 33 heavy (non-hydrogen) atoms. The molecule has 4 rings (SSSR count). The van der Waals surface area contributed by atoms with Crippen molar-refractivity contribution >= 4 is 11.4 Å². The normalized spacial score (nSPS) is 15.7. The largest absolute Gasteiger partial charge is 0.508 e. The highest BCUT2D eigenvalue weighted by Crippen LogP contribution is 2.40. The smallest absolute Gasteiger partial charge is 0.132 e. The number of hydroxylamine groups is 1. The van der Waals surface area contributed by atoms with Crippen LogP contribution in [0.15, 0.2) is 78.9 Å². The molecule has 0 amide bonds. The van der Waals surface area contributed by atoms with Gasteiger partial charge in [0.05, 0.1) is 11.4 Å². The first-order valence-electron chi connectivity index (χ1n) is 11.3. The number of ether oxygens (including phenoxy) is 1. The first-order chi connectivity index (χ1) is 16.1. The Morgan fingerprint density at radius 1 is 0.848 bits per heavy atom. The Morgan fingerprint density at radius 3 is 2.06 bits per heavy atom. The van der Waals surface area contributed by atoms with Crippen LogP contribution in [0.25, 0.3) is 5.70 Å². The van der Waals surface area contributed by atoms with Gasteiger partial charge in [-0.1, -0.05) is 26.0 Å². The minimum atomic E-state index is -0.306. The number of hydrogen-bond donors (Lipinski definition) is 2. The molecule has 0 bridgehead atoms. The minimum absolute atomic E-state index is 0.214. The standard InChI is InChI=1S/C27H30N2O4/c1-3-28(4-2)17-18-32-25-15-9-22(10-16-25)29-26(20-5-11-23(30)12-6-20)19-27(33-29)21-7-13-24(31)14-8-21/h5-16,19,27,30-31H,3-4,17-18H2,1-2H3. The Balaban J connectivity index is 1.54. The van der Waals surface area contributed by atoms with Crippen molar-refractivity contribution < 1.29 is 19.8 Å². The molecule has 0 saturated carbocycles. The van der Waals surface area contributed by atoms with Gasteiger partial charge < -0.3 is 19.8 Å². The van der Waals surface area contributed by atoms with Crippen molar-refractivity contribution in [2.45, 2.75) is 20.0 Å². The molecule has 172 valence electrons. The molecule has 6 heteroatoms. The van der Waals surface area contributed by atoms with E-state index in [1.807, 2.05) is 54.6 Å². The van der Waals surface area contributed by atoms with Crippen LogP contribution in [-0.4, -0.2) is 41.4 Å². The second kappa shape index (κ2) is 10.4. The van der Waals surface area contributed by atoms with E-state index in [9.17, 15) is 10.2 Å². The van der Waals surface area contributed by atoms with E-state index in [0.29, 0.717) is 6.61 Å². The molecule has 2 N–H and O–H groups in total. The van der Waals surface area contributed by atoms with Crippen LogP contribution in [0.1, 0.15) is 31.1 Å². The molecule has 1 heterocycles. The maximum absolute atomic E-state index is 9.70. The molecule has 0 aromatic heterocycles. The van der Waals surface area contributed by atoms with Crippen LogP contribution < -0.4 is 9.80 Å². The number of phenolic OH excluding ortho intramolecular Hbond substituents is 2. The summed E-state index contributed by atoms with van der Waals surface area (Å²) < 4.78 is 5.92. The summed E-state index contributed by atoms with van der Waals surface area (Å²) in [5.41, 5.74) is 3.60. The van der Waals surface area contributed by atoms with Crippen LogP contribution in [0.4, 0.5) is 5.69 Å². The molecular formula is C27H30N2O4. The van der Waals surface area contributed by atoms with E-state index in [4.69, 9.17) is 9.57 Å². The van der Waals surface area contributed by atoms with Gasteiger partial charge in [0, 0.05) is 12.1 Å². The average Bonchev–Trinajstić information content (AvgIpc) is 3.28. The van der Waals surface area contributed by atoms with E-state index >= 15 is 0 Å². The summed E-state index contributed by atoms with van der Waals surface area (Å²) in [5, 5.41) is 21.1. The number of likely N-dealkylation sites (N-methyl/N-ethyl adjacent to an activating group) is 1. The summed E-state index contributed by atoms with van der Waals surface area (Å²) in [7, 11) is 0. The lowest BCUT2D eigenvalue weighted by atomic mass is 10.1. The number of phenols is 2. The molecular weight excluding hydrogens is 416 g/mol. The second-order valence-corrected chi connectivity index (χ2v) is 7.88. The maximum Gasteiger partial charge on any atom is 0.132 e. The molecule has 0 fully saturated rings. The van der Waals surface area contributed by atoms with Crippen LogP contribution in [0.2, 0.25) is 0 Å². The lowest BCUT2D eigenvalue weighted by Crippen LogP contribution is -2.27. The summed E-state index contributed by atoms with van der Waals surface area (Å²) in [4.78, 5) is 8.63. The van der Waals surface area contributed by atoms with Crippen LogP contribution in [0.3, 0.4) is 0 Å². The average molecular weight is 447 g/mol. The predicted molar refractivity (Wildman–Crippen MR) is 130 cm³/mol. The summed E-state index contributed by atoms with van der Waals surface area (Å²) in [6, 6.07) is 21.9. The van der Waals surface area contributed by atoms with E-state index in [1.54, 1.807) is 29.3 Å². The highest BCUT2D eigenvalue weighted by molar-refractivity contribution is 5.80. The molecule has 0 saturated heterocycles. The zero-order valence-corrected chi connectivity index (χ0v) is 19.0. The fourth-order valence-electron chi connectivity index (χ4n) is 3.79. The monoisotopic (exact) mass is 446 g/mol. The SMILES string of the molecule is CCN(CC)CCOc1ccc(N2OC(c3ccc(O)cc3)C=C2c2ccc(O)cc2)cc1. The first-order valence-corrected chi connectivity index (χ1v) is 11.3. The highest BCUT2D eigenvalue weighted by Gasteiger charge is 2.28. The molecule has 0 aliphatic carbocycles. The Labute approximate surface area is 194 Å². The molecule has 6 nitrogen and oxygen atoms in total. The van der Waals surface area contributed by atoms with Crippen molar-refractivity contribution in [1.29, 1.82) is 0 Å². The van der Waals surface area contributed by atoms with Crippen LogP contribution >= 0.6 is 0 Å². The van der Waals surface area contributed by atoms with Crippen molar-refractivity contribution in [2.75, 3.05) is 31.3 Å². The molecule has 3 aromatic carbocycles. The molecule has 3 aromatic rings. The fraction of sp³-hybridized carbons (Fsp3) is 0.259. The Hall–Kier alpha value is -3.48. The van der Waals surface area contributed by atoms with Crippen molar-refractivity contribution in [3.63, 3.8) is 0 Å². The summed E-state index contributed by atoms with van der Waals surface area (Å²) >= 11 is 0. The summed E-state index contributed by atoms with van der Waals surface area (Å²) in [5.74, 6) is 1.24. The third-order valence-electron chi connectivity index (χ3n) is 5.77. The van der Waals surface area contributed by atoms with E-state index in [2.05, 4.69) is 18.7 Å². The Morgan fingerprint density at radius 2 is 1.45 bits per heavy atom. The van der Waals surface area contributed by atoms with Crippen LogP contribution in [-0.2, 0) is 4.84 Å². The molecule has 0 radical (unpaired) electrons. The highest BCUT2D eigenvalue weighted by atomic mass is 16.7. The number of anilines is 1. The summed E-state index contributed by atoms with van der Waals surface area (Å²) in [6.45, 7) is 7.87. The van der Waals surface area contributed by atoms with E-state index in [1.165, 1.54) is 0 Å². The fourth-order valence-corrected chi connectivity index (χ4v) is 3.79. The maximum atomic E-state index is 9.70. The Bertz CT molecular complexity index is 1060. The van der Waals surface area contributed by atoms with Crippen molar-refractivity contribution in [2.24, 2.45) is 0 Å². The summed E-state index contributed by atoms with van der Waals surface area (Å²) in [6.07, 6.45) is 1.73. The molecule has 1 aliphatic heterocycles. The van der Waals surface area contributed by atoms with Gasteiger partial charge >= 0.3 is 0 Å². The number of hydrogen-bond acceptors (Lipinski definition) is 6. The number of nitrogens with zero attached hydrogens (tertiary/aromatic N) is 2. The van der Waals surface area contributed by atoms with Gasteiger partial charge in [-0.15, -0.1) is 0 Å². The minimum Gasteiger partial charge on any atom is -0.508 e. The number of benzene rings is 3. The van der Waals surface area contributed by atoms with Gasteiger partial charge in [-0.3, -0.25) is 4.84 Å². The van der Waals surface area contributed by atoms with Gasteiger partial charge in [-0.25, -0.2) is 5.06 Å². The number of aromatic hydroxyl groups is 2. The number of rotatable bonds is 9. The third kappa shape index (κ3) is 5.48. The zero-order valence-electron chi connectivity index (χ0n) is 19.0. The van der Waals surface area contributed by atoms with Gasteiger partial charge in [-0.05, 0) is 85.4 Å². The van der Waals surface area contributed by atoms with Crippen LogP contribution in [0.5, 0.6) is 17.2 Å². The van der Waals surface area contributed by atoms with Gasteiger partial charge in [0.2, 0.25) is 0 Å². The lowest BCUT2D eigenvalue weighted by Gasteiger charge is -2.23. The van der Waals surface area contributed by atoms with E-state index < -0.39 is 0 Å². The molecule has 1 atom stereocenters. The quantitative estimate of drug-likeness (QED) is 0.462. The van der Waals surface area contributed by atoms with Gasteiger partial charge in [0.25, 0.3) is 0 Å². The zero-order chi connectivity index (χ0) is 23.2. The Kier molecular flexibility index (Phi) is 7.17. The van der Waals surface area contributed by atoms with Crippen molar-refractivity contribution in [3.05, 3.63) is 90.0 Å². The first kappa shape index (κ1) is 22.7. The molecule has 0 spiro atoms.